The van der Waals surface area contributed by atoms with Crippen LogP contribution < -0.4 is 10.5 Å². The molecule has 0 bridgehead atoms. The fourth-order valence-electron chi connectivity index (χ4n) is 1.40. The minimum absolute atomic E-state index is 0.300. The van der Waals surface area contributed by atoms with E-state index in [0.29, 0.717) is 27.9 Å². The monoisotopic (exact) mass is 361 g/mol. The number of ether oxygens (including phenoxy) is 1. The van der Waals surface area contributed by atoms with Crippen LogP contribution in [0, 0.1) is 0 Å². The fraction of sp³-hybridized carbons (Fsp3) is 0.0833. The van der Waals surface area contributed by atoms with Crippen molar-refractivity contribution in [3.8, 4) is 5.75 Å². The molecule has 1 aromatic heterocycles. The Morgan fingerprint density at radius 3 is 2.78 bits per heavy atom. The lowest BCUT2D eigenvalue weighted by Crippen LogP contribution is -2.11. The highest BCUT2D eigenvalue weighted by Gasteiger charge is 2.08. The average molecular weight is 363 g/mol. The molecular formula is C12H9BrClNOS2. The smallest absolute Gasteiger partial charge is 0.131 e. The number of halogens is 2. The van der Waals surface area contributed by atoms with Gasteiger partial charge in [0.25, 0.3) is 0 Å². The first-order chi connectivity index (χ1) is 8.56. The van der Waals surface area contributed by atoms with Crippen LogP contribution in [0.4, 0.5) is 0 Å². The van der Waals surface area contributed by atoms with Crippen LogP contribution in [0.5, 0.6) is 5.75 Å². The van der Waals surface area contributed by atoms with Crippen LogP contribution >= 0.6 is 51.1 Å². The molecule has 0 radical (unpaired) electrons. The summed E-state index contributed by atoms with van der Waals surface area (Å²) in [6.45, 7) is 0.465. The Hall–Kier alpha value is -0.620. The molecule has 0 aliphatic rings. The van der Waals surface area contributed by atoms with Crippen LogP contribution in [0.25, 0.3) is 0 Å². The minimum atomic E-state index is 0.300. The van der Waals surface area contributed by atoms with Gasteiger partial charge in [-0.05, 0) is 46.3 Å². The van der Waals surface area contributed by atoms with Crippen molar-refractivity contribution in [3.05, 3.63) is 49.6 Å². The molecule has 0 fully saturated rings. The van der Waals surface area contributed by atoms with Crippen molar-refractivity contribution in [2.24, 2.45) is 5.73 Å². The van der Waals surface area contributed by atoms with Gasteiger partial charge in [-0.2, -0.15) is 0 Å². The molecule has 1 heterocycles. The summed E-state index contributed by atoms with van der Waals surface area (Å²) in [5, 5.41) is 0.595. The van der Waals surface area contributed by atoms with Crippen molar-refractivity contribution in [2.45, 2.75) is 6.61 Å². The summed E-state index contributed by atoms with van der Waals surface area (Å²) in [4.78, 5) is 1.41. The van der Waals surface area contributed by atoms with Crippen molar-refractivity contribution in [1.29, 1.82) is 0 Å². The first kappa shape index (κ1) is 13.8. The predicted octanol–water partition coefficient (Wildman–Crippen LogP) is 4.38. The molecule has 0 saturated heterocycles. The molecule has 0 aliphatic heterocycles. The minimum Gasteiger partial charge on any atom is -0.487 e. The highest BCUT2D eigenvalue weighted by atomic mass is 79.9. The summed E-state index contributed by atoms with van der Waals surface area (Å²) in [5.74, 6) is 0.611. The Morgan fingerprint density at radius 1 is 1.39 bits per heavy atom. The van der Waals surface area contributed by atoms with Gasteiger partial charge in [-0.1, -0.05) is 23.8 Å². The van der Waals surface area contributed by atoms with Gasteiger partial charge in [0.1, 0.15) is 17.3 Å². The lowest BCUT2D eigenvalue weighted by atomic mass is 10.2. The first-order valence-electron chi connectivity index (χ1n) is 5.02. The Kier molecular flexibility index (Phi) is 4.61. The predicted molar refractivity (Wildman–Crippen MR) is 83.7 cm³/mol. The maximum absolute atomic E-state index is 5.94. The highest BCUT2D eigenvalue weighted by Crippen LogP contribution is 2.27. The zero-order valence-electron chi connectivity index (χ0n) is 9.15. The fourth-order valence-corrected chi connectivity index (χ4v) is 3.12. The van der Waals surface area contributed by atoms with Gasteiger partial charge in [-0.25, -0.2) is 0 Å². The van der Waals surface area contributed by atoms with Gasteiger partial charge in [0.2, 0.25) is 0 Å². The van der Waals surface area contributed by atoms with E-state index in [9.17, 15) is 0 Å². The molecule has 0 spiro atoms. The molecule has 0 aliphatic carbocycles. The van der Waals surface area contributed by atoms with E-state index in [4.69, 9.17) is 34.3 Å². The van der Waals surface area contributed by atoms with Crippen LogP contribution in [0.15, 0.2) is 34.1 Å². The van der Waals surface area contributed by atoms with Crippen molar-refractivity contribution in [2.75, 3.05) is 0 Å². The maximum atomic E-state index is 5.94. The number of rotatable bonds is 4. The Balaban J connectivity index is 2.17. The molecule has 18 heavy (non-hydrogen) atoms. The van der Waals surface area contributed by atoms with Gasteiger partial charge < -0.3 is 10.5 Å². The second-order valence-corrected chi connectivity index (χ2v) is 6.92. The normalized spacial score (nSPS) is 10.3. The lowest BCUT2D eigenvalue weighted by Gasteiger charge is -2.10. The second kappa shape index (κ2) is 6.02. The van der Waals surface area contributed by atoms with E-state index < -0.39 is 0 Å². The maximum Gasteiger partial charge on any atom is 0.131 e. The van der Waals surface area contributed by atoms with Crippen LogP contribution in [0.1, 0.15) is 10.4 Å². The van der Waals surface area contributed by atoms with Crippen molar-refractivity contribution < 1.29 is 4.74 Å². The summed E-state index contributed by atoms with van der Waals surface area (Å²) in [5.41, 5.74) is 6.34. The molecule has 2 rings (SSSR count). The van der Waals surface area contributed by atoms with Gasteiger partial charge in [0, 0.05) is 9.90 Å². The zero-order chi connectivity index (χ0) is 13.1. The third-order valence-electron chi connectivity index (χ3n) is 2.21. The Morgan fingerprint density at radius 2 is 2.17 bits per heavy atom. The van der Waals surface area contributed by atoms with E-state index in [1.165, 1.54) is 0 Å². The Bertz CT molecular complexity index is 585. The average Bonchev–Trinajstić information content (AvgIpc) is 2.72. The van der Waals surface area contributed by atoms with E-state index >= 15 is 0 Å². The largest absolute Gasteiger partial charge is 0.487 e. The number of hydrogen-bond acceptors (Lipinski definition) is 3. The van der Waals surface area contributed by atoms with Gasteiger partial charge in [-0.15, -0.1) is 11.3 Å². The van der Waals surface area contributed by atoms with E-state index in [-0.39, 0.29) is 0 Å². The molecule has 2 N–H and O–H groups in total. The van der Waals surface area contributed by atoms with Gasteiger partial charge >= 0.3 is 0 Å². The first-order valence-corrected chi connectivity index (χ1v) is 7.42. The summed E-state index contributed by atoms with van der Waals surface area (Å²) in [6.07, 6.45) is 0. The third kappa shape index (κ3) is 3.45. The molecule has 0 atom stereocenters. The van der Waals surface area contributed by atoms with E-state index in [2.05, 4.69) is 15.9 Å². The molecule has 0 unspecified atom stereocenters. The Labute approximate surface area is 128 Å². The molecule has 0 saturated carbocycles. The summed E-state index contributed by atoms with van der Waals surface area (Å²) >= 11 is 15.9. The molecule has 6 heteroatoms. The molecular weight excluding hydrogens is 354 g/mol. The topological polar surface area (TPSA) is 35.2 Å². The molecule has 2 aromatic rings. The zero-order valence-corrected chi connectivity index (χ0v) is 13.1. The van der Waals surface area contributed by atoms with Crippen LogP contribution in [-0.4, -0.2) is 4.99 Å². The second-order valence-electron chi connectivity index (χ2n) is 3.50. The molecule has 0 amide bonds. The third-order valence-corrected chi connectivity index (χ3v) is 4.26. The number of hydrogen-bond donors (Lipinski definition) is 1. The molecule has 2 nitrogen and oxygen atoms in total. The summed E-state index contributed by atoms with van der Waals surface area (Å²) in [6, 6.07) is 9.21. The van der Waals surface area contributed by atoms with Gasteiger partial charge in [0.15, 0.2) is 0 Å². The standard InChI is InChI=1S/C12H9BrClNOS2/c13-11-4-2-8(18-11)6-16-10-5-7(14)1-3-9(10)12(15)17/h1-5H,6H2,(H2,15,17). The van der Waals surface area contributed by atoms with Gasteiger partial charge in [-0.3, -0.25) is 0 Å². The quantitative estimate of drug-likeness (QED) is 0.820. The number of benzene rings is 1. The number of nitrogens with two attached hydrogens (primary N) is 1. The van der Waals surface area contributed by atoms with Crippen LogP contribution in [0.2, 0.25) is 5.02 Å². The van der Waals surface area contributed by atoms with Crippen LogP contribution in [0.3, 0.4) is 0 Å². The van der Waals surface area contributed by atoms with Crippen molar-refractivity contribution in [1.82, 2.24) is 0 Å². The van der Waals surface area contributed by atoms with Crippen LogP contribution in [-0.2, 0) is 6.61 Å². The SMILES string of the molecule is NC(=S)c1ccc(Cl)cc1OCc1ccc(Br)s1. The summed E-state index contributed by atoms with van der Waals surface area (Å²) in [7, 11) is 0. The number of thiocarbonyl (C=S) groups is 1. The van der Waals surface area contributed by atoms with Crippen molar-refractivity contribution >= 4 is 56.1 Å². The van der Waals surface area contributed by atoms with Gasteiger partial charge in [0.05, 0.1) is 9.35 Å². The van der Waals surface area contributed by atoms with E-state index in [1.807, 2.05) is 12.1 Å². The summed E-state index contributed by atoms with van der Waals surface area (Å²) < 4.78 is 6.79. The highest BCUT2D eigenvalue weighted by molar-refractivity contribution is 9.11. The number of thiophene rings is 1. The van der Waals surface area contributed by atoms with Crippen molar-refractivity contribution in [3.63, 3.8) is 0 Å². The molecule has 94 valence electrons. The molecule has 1 aromatic carbocycles. The van der Waals surface area contributed by atoms with E-state index in [0.717, 1.165) is 8.66 Å². The van der Waals surface area contributed by atoms with E-state index in [1.54, 1.807) is 29.5 Å². The lowest BCUT2D eigenvalue weighted by molar-refractivity contribution is 0.309.